The highest BCUT2D eigenvalue weighted by molar-refractivity contribution is 5.92. The van der Waals surface area contributed by atoms with Crippen LogP contribution in [-0.4, -0.2) is 82.2 Å². The lowest BCUT2D eigenvalue weighted by atomic mass is 10.1. The fourth-order valence-electron chi connectivity index (χ4n) is 2.51. The summed E-state index contributed by atoms with van der Waals surface area (Å²) in [5.74, 6) is -6.10. The van der Waals surface area contributed by atoms with Crippen molar-refractivity contribution in [1.82, 2.24) is 16.0 Å². The lowest BCUT2D eigenvalue weighted by molar-refractivity contribution is -0.143. The summed E-state index contributed by atoms with van der Waals surface area (Å²) in [7, 11) is 0. The van der Waals surface area contributed by atoms with Crippen LogP contribution in [0.5, 0.6) is 0 Å². The minimum Gasteiger partial charge on any atom is -0.481 e. The van der Waals surface area contributed by atoms with Crippen molar-refractivity contribution in [3.05, 3.63) is 0 Å². The van der Waals surface area contributed by atoms with E-state index in [0.717, 1.165) is 0 Å². The number of carbonyl (C=O) groups excluding carboxylic acids is 3. The van der Waals surface area contributed by atoms with Crippen LogP contribution < -0.4 is 27.4 Å². The quantitative estimate of drug-likeness (QED) is 0.104. The van der Waals surface area contributed by atoms with Gasteiger partial charge in [0.15, 0.2) is 0 Å². The van der Waals surface area contributed by atoms with E-state index in [0.29, 0.717) is 19.4 Å². The van der Waals surface area contributed by atoms with Gasteiger partial charge in [0.05, 0.1) is 12.6 Å². The molecule has 14 nitrogen and oxygen atoms in total. The molecule has 0 aliphatic carbocycles. The van der Waals surface area contributed by atoms with E-state index in [9.17, 15) is 28.8 Å². The van der Waals surface area contributed by atoms with Crippen LogP contribution in [0.25, 0.3) is 0 Å². The zero-order chi connectivity index (χ0) is 24.7. The van der Waals surface area contributed by atoms with Gasteiger partial charge in [-0.2, -0.15) is 0 Å². The predicted octanol–water partition coefficient (Wildman–Crippen LogP) is -2.66. The molecule has 0 saturated carbocycles. The van der Waals surface area contributed by atoms with Crippen LogP contribution in [0, 0.1) is 0 Å². The monoisotopic (exact) mass is 461 g/mol. The molecule has 0 aliphatic heterocycles. The van der Waals surface area contributed by atoms with Gasteiger partial charge in [-0.1, -0.05) is 0 Å². The molecule has 0 heterocycles. The molecule has 0 spiro atoms. The Bertz CT molecular complexity index is 686. The Morgan fingerprint density at radius 3 is 1.88 bits per heavy atom. The molecule has 0 aromatic carbocycles. The number of carbonyl (C=O) groups is 6. The van der Waals surface area contributed by atoms with Crippen molar-refractivity contribution in [2.24, 2.45) is 11.5 Å². The summed E-state index contributed by atoms with van der Waals surface area (Å²) >= 11 is 0. The number of hydrogen-bond acceptors (Lipinski definition) is 8. The third-order valence-electron chi connectivity index (χ3n) is 4.29. The fraction of sp³-hybridized carbons (Fsp3) is 0.667. The van der Waals surface area contributed by atoms with Gasteiger partial charge < -0.3 is 42.7 Å². The third-order valence-corrected chi connectivity index (χ3v) is 4.29. The molecule has 3 atom stereocenters. The van der Waals surface area contributed by atoms with Crippen molar-refractivity contribution in [3.63, 3.8) is 0 Å². The zero-order valence-corrected chi connectivity index (χ0v) is 17.5. The Morgan fingerprint density at radius 2 is 1.34 bits per heavy atom. The molecule has 0 radical (unpaired) electrons. The van der Waals surface area contributed by atoms with Crippen LogP contribution in [0.4, 0.5) is 0 Å². The van der Waals surface area contributed by atoms with E-state index in [-0.39, 0.29) is 25.7 Å². The van der Waals surface area contributed by atoms with Crippen molar-refractivity contribution in [2.45, 2.75) is 63.1 Å². The number of hydrogen-bond donors (Lipinski definition) is 8. The first-order valence-corrected chi connectivity index (χ1v) is 9.97. The smallest absolute Gasteiger partial charge is 0.326 e. The van der Waals surface area contributed by atoms with Gasteiger partial charge in [-0.3, -0.25) is 24.0 Å². The summed E-state index contributed by atoms with van der Waals surface area (Å²) in [4.78, 5) is 68.9. The maximum absolute atomic E-state index is 12.4. The van der Waals surface area contributed by atoms with Gasteiger partial charge >= 0.3 is 17.9 Å². The van der Waals surface area contributed by atoms with Crippen molar-refractivity contribution in [3.8, 4) is 0 Å². The number of nitrogens with one attached hydrogen (secondary N) is 3. The molecule has 0 aromatic heterocycles. The number of amides is 3. The topological polar surface area (TPSA) is 251 Å². The number of carboxylic acid groups (broad SMARTS) is 3. The molecular weight excluding hydrogens is 430 g/mol. The fourth-order valence-corrected chi connectivity index (χ4v) is 2.51. The minimum atomic E-state index is -1.44. The second-order valence-electron chi connectivity index (χ2n) is 6.99. The number of carboxylic acids is 3. The van der Waals surface area contributed by atoms with Crippen LogP contribution in [0.2, 0.25) is 0 Å². The first-order chi connectivity index (χ1) is 15.0. The van der Waals surface area contributed by atoms with E-state index in [2.05, 4.69) is 16.0 Å². The van der Waals surface area contributed by atoms with Crippen LogP contribution in [0.3, 0.4) is 0 Å². The molecule has 0 aliphatic rings. The molecule has 10 N–H and O–H groups in total. The van der Waals surface area contributed by atoms with E-state index < -0.39 is 66.7 Å². The second-order valence-corrected chi connectivity index (χ2v) is 6.99. The summed E-state index contributed by atoms with van der Waals surface area (Å²) in [5, 5.41) is 33.1. The summed E-state index contributed by atoms with van der Waals surface area (Å²) in [5.41, 5.74) is 11.1. The van der Waals surface area contributed by atoms with Gasteiger partial charge in [0.1, 0.15) is 12.1 Å². The highest BCUT2D eigenvalue weighted by Gasteiger charge is 2.25. The molecular formula is C18H31N5O9. The van der Waals surface area contributed by atoms with Gasteiger partial charge in [0.2, 0.25) is 17.7 Å². The Hall–Kier alpha value is -3.26. The predicted molar refractivity (Wildman–Crippen MR) is 109 cm³/mol. The zero-order valence-electron chi connectivity index (χ0n) is 17.5. The molecule has 0 aromatic rings. The number of aliphatic carboxylic acids is 3. The van der Waals surface area contributed by atoms with Crippen molar-refractivity contribution >= 4 is 35.6 Å². The summed E-state index contributed by atoms with van der Waals surface area (Å²) < 4.78 is 0. The molecule has 14 heteroatoms. The molecule has 0 rings (SSSR count). The van der Waals surface area contributed by atoms with Crippen molar-refractivity contribution in [2.75, 3.05) is 13.1 Å². The van der Waals surface area contributed by atoms with Crippen LogP contribution in [0.1, 0.15) is 44.9 Å². The van der Waals surface area contributed by atoms with E-state index in [1.165, 1.54) is 0 Å². The van der Waals surface area contributed by atoms with Crippen LogP contribution >= 0.6 is 0 Å². The summed E-state index contributed by atoms with van der Waals surface area (Å²) in [6.07, 6.45) is -0.0500. The minimum absolute atomic E-state index is 0.131. The Morgan fingerprint density at radius 1 is 0.750 bits per heavy atom. The highest BCUT2D eigenvalue weighted by Crippen LogP contribution is 2.03. The molecule has 3 amide bonds. The number of rotatable bonds is 17. The highest BCUT2D eigenvalue weighted by atomic mass is 16.4. The molecule has 0 bridgehead atoms. The van der Waals surface area contributed by atoms with E-state index in [4.69, 9.17) is 26.8 Å². The number of unbranched alkanes of at least 4 members (excludes halogenated alkanes) is 1. The van der Waals surface area contributed by atoms with Gasteiger partial charge in [0, 0.05) is 12.8 Å². The second kappa shape index (κ2) is 15.5. The normalized spacial score (nSPS) is 13.3. The molecule has 0 fully saturated rings. The summed E-state index contributed by atoms with van der Waals surface area (Å²) in [6.45, 7) is -0.250. The van der Waals surface area contributed by atoms with Gasteiger partial charge in [0.25, 0.3) is 0 Å². The van der Waals surface area contributed by atoms with Gasteiger partial charge in [-0.15, -0.1) is 0 Å². The Kier molecular flexibility index (Phi) is 13.9. The average molecular weight is 461 g/mol. The van der Waals surface area contributed by atoms with E-state index in [1.807, 2.05) is 0 Å². The first-order valence-electron chi connectivity index (χ1n) is 9.97. The van der Waals surface area contributed by atoms with E-state index in [1.54, 1.807) is 0 Å². The lowest BCUT2D eigenvalue weighted by Gasteiger charge is -2.21. The molecule has 0 saturated heterocycles. The number of nitrogens with two attached hydrogens (primary N) is 2. The average Bonchev–Trinajstić information content (AvgIpc) is 2.71. The third kappa shape index (κ3) is 13.1. The Balaban J connectivity index is 4.85. The van der Waals surface area contributed by atoms with Crippen LogP contribution in [-0.2, 0) is 28.8 Å². The summed E-state index contributed by atoms with van der Waals surface area (Å²) in [6, 6.07) is -3.66. The first kappa shape index (κ1) is 28.7. The van der Waals surface area contributed by atoms with Crippen LogP contribution in [0.15, 0.2) is 0 Å². The maximum atomic E-state index is 12.4. The standard InChI is InChI=1S/C18H31N5O9/c19-8-2-1-3-11(23-16(29)10(20)4-6-14(25)26)17(30)21-9-13(24)22-12(18(31)32)5-7-15(27)28/h10-12H,1-9,19-20H2,(H,21,30)(H,22,24)(H,23,29)(H,25,26)(H,27,28)(H,31,32). The van der Waals surface area contributed by atoms with E-state index >= 15 is 0 Å². The SMILES string of the molecule is NCCCCC(NC(=O)C(N)CCC(=O)O)C(=O)NCC(=O)NC(CCC(=O)O)C(=O)O. The molecule has 182 valence electrons. The van der Waals surface area contributed by atoms with Gasteiger partial charge in [-0.25, -0.2) is 4.79 Å². The van der Waals surface area contributed by atoms with Crippen molar-refractivity contribution in [1.29, 1.82) is 0 Å². The van der Waals surface area contributed by atoms with Crippen molar-refractivity contribution < 1.29 is 44.1 Å². The molecule has 32 heavy (non-hydrogen) atoms. The van der Waals surface area contributed by atoms with Gasteiger partial charge in [-0.05, 0) is 38.6 Å². The lowest BCUT2D eigenvalue weighted by Crippen LogP contribution is -2.53. The molecule has 3 unspecified atom stereocenters. The largest absolute Gasteiger partial charge is 0.481 e. The maximum Gasteiger partial charge on any atom is 0.326 e. The Labute approximate surface area is 184 Å².